The lowest BCUT2D eigenvalue weighted by molar-refractivity contribution is 0.0949. The van der Waals surface area contributed by atoms with Crippen molar-refractivity contribution < 1.29 is 9.53 Å². The van der Waals surface area contributed by atoms with Gasteiger partial charge in [0.25, 0.3) is 5.91 Å². The lowest BCUT2D eigenvalue weighted by Gasteiger charge is -2.11. The van der Waals surface area contributed by atoms with E-state index in [9.17, 15) is 4.79 Å². The molecule has 130 valence electrons. The predicted octanol–water partition coefficient (Wildman–Crippen LogP) is 1.91. The Morgan fingerprint density at radius 1 is 1.25 bits per heavy atom. The minimum absolute atomic E-state index is 0.0931. The number of rotatable bonds is 7. The number of aromatic nitrogens is 2. The SMILES string of the molecule is Cc1nn(C)c(C)c1C(=O)NCc1ccc(OCCN(C)C)cc1. The Bertz CT molecular complexity index is 690. The van der Waals surface area contributed by atoms with Crippen LogP contribution in [0.15, 0.2) is 24.3 Å². The number of likely N-dealkylation sites (N-methyl/N-ethyl adjacent to an activating group) is 1. The van der Waals surface area contributed by atoms with Gasteiger partial charge in [0.15, 0.2) is 0 Å². The Labute approximate surface area is 143 Å². The zero-order chi connectivity index (χ0) is 17.7. The molecule has 0 radical (unpaired) electrons. The number of amides is 1. The fraction of sp³-hybridized carbons (Fsp3) is 0.444. The van der Waals surface area contributed by atoms with Crippen LogP contribution in [0.3, 0.4) is 0 Å². The van der Waals surface area contributed by atoms with Crippen molar-refractivity contribution in [2.24, 2.45) is 7.05 Å². The van der Waals surface area contributed by atoms with Crippen molar-refractivity contribution in [3.63, 3.8) is 0 Å². The number of aryl methyl sites for hydroxylation is 2. The second kappa shape index (κ2) is 7.97. The Hall–Kier alpha value is -2.34. The van der Waals surface area contributed by atoms with Gasteiger partial charge in [0.1, 0.15) is 12.4 Å². The molecule has 0 aliphatic carbocycles. The van der Waals surface area contributed by atoms with Crippen LogP contribution in [-0.4, -0.2) is 47.8 Å². The van der Waals surface area contributed by atoms with Crippen LogP contribution in [0.5, 0.6) is 5.75 Å². The number of benzene rings is 1. The molecule has 1 aromatic carbocycles. The van der Waals surface area contributed by atoms with Crippen molar-refractivity contribution in [1.29, 1.82) is 0 Å². The zero-order valence-electron chi connectivity index (χ0n) is 15.1. The molecule has 0 bridgehead atoms. The topological polar surface area (TPSA) is 59.4 Å². The van der Waals surface area contributed by atoms with E-state index in [0.717, 1.165) is 29.2 Å². The Kier molecular flexibility index (Phi) is 5.98. The lowest BCUT2D eigenvalue weighted by Crippen LogP contribution is -2.24. The number of hydrogen-bond donors (Lipinski definition) is 1. The fourth-order valence-corrected chi connectivity index (χ4v) is 2.42. The van der Waals surface area contributed by atoms with E-state index in [4.69, 9.17) is 4.74 Å². The van der Waals surface area contributed by atoms with Crippen molar-refractivity contribution in [2.45, 2.75) is 20.4 Å². The molecule has 0 spiro atoms. The van der Waals surface area contributed by atoms with Gasteiger partial charge in [0.05, 0.1) is 11.3 Å². The average Bonchev–Trinajstić information content (AvgIpc) is 2.78. The molecule has 0 unspecified atom stereocenters. The highest BCUT2D eigenvalue weighted by Gasteiger charge is 2.16. The molecule has 1 heterocycles. The average molecular weight is 330 g/mol. The van der Waals surface area contributed by atoms with Crippen molar-refractivity contribution in [1.82, 2.24) is 20.0 Å². The second-order valence-corrected chi connectivity index (χ2v) is 6.15. The van der Waals surface area contributed by atoms with Gasteiger partial charge in [0.2, 0.25) is 0 Å². The number of hydrogen-bond acceptors (Lipinski definition) is 4. The molecule has 0 saturated carbocycles. The van der Waals surface area contributed by atoms with E-state index in [1.807, 2.05) is 59.3 Å². The van der Waals surface area contributed by atoms with E-state index in [2.05, 4.69) is 15.3 Å². The van der Waals surface area contributed by atoms with Crippen molar-refractivity contribution in [3.05, 3.63) is 46.8 Å². The molecule has 6 nitrogen and oxygen atoms in total. The van der Waals surface area contributed by atoms with E-state index in [1.165, 1.54) is 0 Å². The summed E-state index contributed by atoms with van der Waals surface area (Å²) in [6.45, 7) is 5.76. The van der Waals surface area contributed by atoms with Crippen molar-refractivity contribution in [3.8, 4) is 5.75 Å². The molecule has 2 aromatic rings. The minimum atomic E-state index is -0.0931. The molecule has 0 atom stereocenters. The summed E-state index contributed by atoms with van der Waals surface area (Å²) in [5.41, 5.74) is 3.30. The van der Waals surface area contributed by atoms with E-state index >= 15 is 0 Å². The quantitative estimate of drug-likeness (QED) is 0.842. The molecule has 1 N–H and O–H groups in total. The van der Waals surface area contributed by atoms with Gasteiger partial charge in [-0.25, -0.2) is 0 Å². The van der Waals surface area contributed by atoms with Crippen molar-refractivity contribution in [2.75, 3.05) is 27.2 Å². The van der Waals surface area contributed by atoms with Crippen LogP contribution in [0, 0.1) is 13.8 Å². The van der Waals surface area contributed by atoms with Crippen LogP contribution in [0.4, 0.5) is 0 Å². The van der Waals surface area contributed by atoms with Crippen LogP contribution in [0.2, 0.25) is 0 Å². The predicted molar refractivity (Wildman–Crippen MR) is 94.3 cm³/mol. The molecule has 6 heteroatoms. The fourth-order valence-electron chi connectivity index (χ4n) is 2.42. The van der Waals surface area contributed by atoms with Crippen LogP contribution in [-0.2, 0) is 13.6 Å². The van der Waals surface area contributed by atoms with Gasteiger partial charge < -0.3 is 15.0 Å². The molecule has 1 amide bonds. The Balaban J connectivity index is 1.89. The van der Waals surface area contributed by atoms with Gasteiger partial charge in [-0.1, -0.05) is 12.1 Å². The number of nitrogens with zero attached hydrogens (tertiary/aromatic N) is 3. The van der Waals surface area contributed by atoms with E-state index in [0.29, 0.717) is 18.7 Å². The minimum Gasteiger partial charge on any atom is -0.492 e. The summed E-state index contributed by atoms with van der Waals surface area (Å²) < 4.78 is 7.39. The van der Waals surface area contributed by atoms with Crippen LogP contribution >= 0.6 is 0 Å². The summed E-state index contributed by atoms with van der Waals surface area (Å²) in [4.78, 5) is 14.4. The highest BCUT2D eigenvalue weighted by molar-refractivity contribution is 5.96. The molecular formula is C18H26N4O2. The largest absolute Gasteiger partial charge is 0.492 e. The summed E-state index contributed by atoms with van der Waals surface area (Å²) >= 11 is 0. The molecule has 0 saturated heterocycles. The molecule has 0 aliphatic rings. The molecule has 24 heavy (non-hydrogen) atoms. The summed E-state index contributed by atoms with van der Waals surface area (Å²) in [6, 6.07) is 7.79. The van der Waals surface area contributed by atoms with Gasteiger partial charge in [-0.3, -0.25) is 9.48 Å². The number of nitrogens with one attached hydrogen (secondary N) is 1. The highest BCUT2D eigenvalue weighted by atomic mass is 16.5. The normalized spacial score (nSPS) is 10.9. The Morgan fingerprint density at radius 3 is 2.46 bits per heavy atom. The first-order valence-electron chi connectivity index (χ1n) is 8.03. The summed E-state index contributed by atoms with van der Waals surface area (Å²) in [5.74, 6) is 0.746. The molecule has 0 aliphatic heterocycles. The second-order valence-electron chi connectivity index (χ2n) is 6.15. The Morgan fingerprint density at radius 2 is 1.92 bits per heavy atom. The summed E-state index contributed by atoms with van der Waals surface area (Å²) in [7, 11) is 5.87. The lowest BCUT2D eigenvalue weighted by atomic mass is 10.1. The first-order chi connectivity index (χ1) is 11.4. The summed E-state index contributed by atoms with van der Waals surface area (Å²) in [6.07, 6.45) is 0. The van der Waals surface area contributed by atoms with Gasteiger partial charge in [-0.05, 0) is 45.6 Å². The van der Waals surface area contributed by atoms with Crippen LogP contribution in [0.25, 0.3) is 0 Å². The zero-order valence-corrected chi connectivity index (χ0v) is 15.1. The molecule has 1 aromatic heterocycles. The first-order valence-corrected chi connectivity index (χ1v) is 8.03. The third-order valence-corrected chi connectivity index (χ3v) is 3.92. The molecule has 2 rings (SSSR count). The van der Waals surface area contributed by atoms with Gasteiger partial charge in [0, 0.05) is 25.8 Å². The standard InChI is InChI=1S/C18H26N4O2/c1-13-17(14(2)22(5)20-13)18(23)19-12-15-6-8-16(9-7-15)24-11-10-21(3)4/h6-9H,10-12H2,1-5H3,(H,19,23). The third-order valence-electron chi connectivity index (χ3n) is 3.92. The maximum absolute atomic E-state index is 12.4. The van der Waals surface area contributed by atoms with E-state index in [1.54, 1.807) is 4.68 Å². The summed E-state index contributed by atoms with van der Waals surface area (Å²) in [5, 5.41) is 7.22. The van der Waals surface area contributed by atoms with Crippen LogP contribution < -0.4 is 10.1 Å². The van der Waals surface area contributed by atoms with E-state index in [-0.39, 0.29) is 5.91 Å². The highest BCUT2D eigenvalue weighted by Crippen LogP contribution is 2.14. The third kappa shape index (κ3) is 4.58. The van der Waals surface area contributed by atoms with Gasteiger partial charge >= 0.3 is 0 Å². The maximum atomic E-state index is 12.4. The number of carbonyl (C=O) groups excluding carboxylic acids is 1. The number of carbonyl (C=O) groups is 1. The van der Waals surface area contributed by atoms with Crippen LogP contribution in [0.1, 0.15) is 27.3 Å². The van der Waals surface area contributed by atoms with E-state index < -0.39 is 0 Å². The number of ether oxygens (including phenoxy) is 1. The smallest absolute Gasteiger partial charge is 0.255 e. The van der Waals surface area contributed by atoms with Gasteiger partial charge in [-0.2, -0.15) is 5.10 Å². The maximum Gasteiger partial charge on any atom is 0.255 e. The monoisotopic (exact) mass is 330 g/mol. The molecular weight excluding hydrogens is 304 g/mol. The van der Waals surface area contributed by atoms with Crippen molar-refractivity contribution >= 4 is 5.91 Å². The van der Waals surface area contributed by atoms with Gasteiger partial charge in [-0.15, -0.1) is 0 Å². The molecule has 0 fully saturated rings. The first kappa shape index (κ1) is 18.0.